The van der Waals surface area contributed by atoms with Gasteiger partial charge in [0.2, 0.25) is 5.91 Å². The van der Waals surface area contributed by atoms with Gasteiger partial charge in [-0.3, -0.25) is 4.79 Å². The summed E-state index contributed by atoms with van der Waals surface area (Å²) in [5, 5.41) is 3.08. The first-order chi connectivity index (χ1) is 6.52. The van der Waals surface area contributed by atoms with Gasteiger partial charge in [0, 0.05) is 18.0 Å². The molecule has 1 unspecified atom stereocenters. The highest BCUT2D eigenvalue weighted by molar-refractivity contribution is 5.79. The van der Waals surface area contributed by atoms with E-state index in [1.807, 2.05) is 6.92 Å². The van der Waals surface area contributed by atoms with E-state index >= 15 is 0 Å². The van der Waals surface area contributed by atoms with Gasteiger partial charge in [-0.15, -0.1) is 0 Å². The van der Waals surface area contributed by atoms with Gasteiger partial charge in [-0.05, 0) is 26.2 Å². The van der Waals surface area contributed by atoms with E-state index in [1.165, 1.54) is 0 Å². The number of carbonyl (C=O) groups is 1. The van der Waals surface area contributed by atoms with Crippen molar-refractivity contribution in [3.8, 4) is 0 Å². The SMILES string of the molecule is CCC(CN)C(=O)NC(C)(CC)CC. The molecular weight excluding hydrogens is 176 g/mol. The molecule has 0 saturated carbocycles. The van der Waals surface area contributed by atoms with Crippen molar-refractivity contribution in [3.05, 3.63) is 0 Å². The molecule has 3 N–H and O–H groups in total. The summed E-state index contributed by atoms with van der Waals surface area (Å²) in [4.78, 5) is 11.7. The van der Waals surface area contributed by atoms with Crippen LogP contribution in [0.5, 0.6) is 0 Å². The molecule has 0 aromatic carbocycles. The smallest absolute Gasteiger partial charge is 0.224 e. The first kappa shape index (κ1) is 13.4. The first-order valence-corrected chi connectivity index (χ1v) is 5.55. The van der Waals surface area contributed by atoms with Crippen LogP contribution >= 0.6 is 0 Å². The highest BCUT2D eigenvalue weighted by atomic mass is 16.2. The normalized spacial score (nSPS) is 13.8. The Morgan fingerprint density at radius 2 is 1.86 bits per heavy atom. The maximum Gasteiger partial charge on any atom is 0.224 e. The molecule has 0 aliphatic carbocycles. The molecule has 0 fully saturated rings. The lowest BCUT2D eigenvalue weighted by molar-refractivity contribution is -0.126. The van der Waals surface area contributed by atoms with Gasteiger partial charge in [0.15, 0.2) is 0 Å². The van der Waals surface area contributed by atoms with Gasteiger partial charge in [0.25, 0.3) is 0 Å². The fourth-order valence-corrected chi connectivity index (χ4v) is 1.29. The van der Waals surface area contributed by atoms with Crippen molar-refractivity contribution < 1.29 is 4.79 Å². The topological polar surface area (TPSA) is 55.1 Å². The Bertz CT molecular complexity index is 172. The lowest BCUT2D eigenvalue weighted by Crippen LogP contribution is -2.48. The fraction of sp³-hybridized carbons (Fsp3) is 0.909. The summed E-state index contributed by atoms with van der Waals surface area (Å²) >= 11 is 0. The second-order valence-electron chi connectivity index (χ2n) is 4.10. The van der Waals surface area contributed by atoms with Crippen LogP contribution in [0.3, 0.4) is 0 Å². The highest BCUT2D eigenvalue weighted by Gasteiger charge is 2.24. The van der Waals surface area contributed by atoms with Crippen LogP contribution in [0.4, 0.5) is 0 Å². The summed E-state index contributed by atoms with van der Waals surface area (Å²) in [6.45, 7) is 8.69. The molecule has 84 valence electrons. The second-order valence-corrected chi connectivity index (χ2v) is 4.10. The molecule has 0 bridgehead atoms. The third-order valence-corrected chi connectivity index (χ3v) is 3.13. The van der Waals surface area contributed by atoms with Crippen LogP contribution in [-0.4, -0.2) is 18.0 Å². The van der Waals surface area contributed by atoms with Crippen molar-refractivity contribution in [2.45, 2.75) is 52.5 Å². The minimum atomic E-state index is -0.0698. The van der Waals surface area contributed by atoms with E-state index in [4.69, 9.17) is 5.73 Å². The van der Waals surface area contributed by atoms with Crippen molar-refractivity contribution in [3.63, 3.8) is 0 Å². The first-order valence-electron chi connectivity index (χ1n) is 5.55. The van der Waals surface area contributed by atoms with Gasteiger partial charge in [0.05, 0.1) is 0 Å². The minimum absolute atomic E-state index is 0.0348. The summed E-state index contributed by atoms with van der Waals surface area (Å²) in [5.74, 6) is 0.0635. The zero-order valence-electron chi connectivity index (χ0n) is 9.89. The lowest BCUT2D eigenvalue weighted by atomic mass is 9.94. The van der Waals surface area contributed by atoms with Crippen molar-refractivity contribution in [2.24, 2.45) is 11.7 Å². The van der Waals surface area contributed by atoms with Crippen molar-refractivity contribution in [1.82, 2.24) is 5.32 Å². The van der Waals surface area contributed by atoms with Gasteiger partial charge in [-0.25, -0.2) is 0 Å². The van der Waals surface area contributed by atoms with E-state index in [9.17, 15) is 4.79 Å². The molecule has 0 radical (unpaired) electrons. The van der Waals surface area contributed by atoms with Crippen molar-refractivity contribution in [1.29, 1.82) is 0 Å². The summed E-state index contributed by atoms with van der Waals surface area (Å²) < 4.78 is 0. The average Bonchev–Trinajstić information content (AvgIpc) is 2.19. The highest BCUT2D eigenvalue weighted by Crippen LogP contribution is 2.15. The number of amides is 1. The van der Waals surface area contributed by atoms with Crippen molar-refractivity contribution >= 4 is 5.91 Å². The monoisotopic (exact) mass is 200 g/mol. The molecule has 14 heavy (non-hydrogen) atoms. The van der Waals surface area contributed by atoms with Crippen molar-refractivity contribution in [2.75, 3.05) is 6.54 Å². The number of hydrogen-bond donors (Lipinski definition) is 2. The van der Waals surface area contributed by atoms with Crippen LogP contribution in [0, 0.1) is 5.92 Å². The zero-order chi connectivity index (χ0) is 11.2. The molecule has 3 heteroatoms. The van der Waals surface area contributed by atoms with Gasteiger partial charge in [0.1, 0.15) is 0 Å². The molecule has 0 heterocycles. The maximum absolute atomic E-state index is 11.7. The van der Waals surface area contributed by atoms with E-state index in [0.717, 1.165) is 19.3 Å². The van der Waals surface area contributed by atoms with E-state index in [1.54, 1.807) is 0 Å². The Hall–Kier alpha value is -0.570. The molecule has 0 rings (SSSR count). The van der Waals surface area contributed by atoms with Crippen LogP contribution in [-0.2, 0) is 4.79 Å². The van der Waals surface area contributed by atoms with Gasteiger partial charge >= 0.3 is 0 Å². The van der Waals surface area contributed by atoms with Crippen LogP contribution in [0.15, 0.2) is 0 Å². The Morgan fingerprint density at radius 1 is 1.36 bits per heavy atom. The van der Waals surface area contributed by atoms with Crippen LogP contribution in [0.1, 0.15) is 47.0 Å². The zero-order valence-corrected chi connectivity index (χ0v) is 9.89. The molecule has 0 aliphatic heterocycles. The minimum Gasteiger partial charge on any atom is -0.351 e. The summed E-state index contributed by atoms with van der Waals surface area (Å²) in [7, 11) is 0. The molecule has 0 spiro atoms. The molecule has 0 aliphatic rings. The molecule has 0 saturated heterocycles. The Morgan fingerprint density at radius 3 is 2.14 bits per heavy atom. The largest absolute Gasteiger partial charge is 0.351 e. The average molecular weight is 200 g/mol. The number of nitrogens with two attached hydrogens (primary N) is 1. The molecule has 0 aromatic heterocycles. The summed E-state index contributed by atoms with van der Waals surface area (Å²) in [5.41, 5.74) is 5.46. The van der Waals surface area contributed by atoms with E-state index in [0.29, 0.717) is 6.54 Å². The fourth-order valence-electron chi connectivity index (χ4n) is 1.29. The third kappa shape index (κ3) is 3.66. The predicted molar refractivity (Wildman–Crippen MR) is 60.0 cm³/mol. The number of rotatable bonds is 6. The molecule has 3 nitrogen and oxygen atoms in total. The number of hydrogen-bond acceptors (Lipinski definition) is 2. The molecular formula is C11H24N2O. The van der Waals surface area contributed by atoms with Crippen LogP contribution in [0.2, 0.25) is 0 Å². The van der Waals surface area contributed by atoms with Crippen LogP contribution in [0.25, 0.3) is 0 Å². The van der Waals surface area contributed by atoms with E-state index in [2.05, 4.69) is 26.1 Å². The molecule has 0 aromatic rings. The molecule has 1 amide bonds. The standard InChI is InChI=1S/C11H24N2O/c1-5-9(8-12)10(14)13-11(4,6-2)7-3/h9H,5-8,12H2,1-4H3,(H,13,14). The Balaban J connectivity index is 4.28. The van der Waals surface area contributed by atoms with Crippen LogP contribution < -0.4 is 11.1 Å². The number of carbonyl (C=O) groups excluding carboxylic acids is 1. The van der Waals surface area contributed by atoms with Gasteiger partial charge < -0.3 is 11.1 Å². The Labute approximate surface area is 87.4 Å². The lowest BCUT2D eigenvalue weighted by Gasteiger charge is -2.30. The maximum atomic E-state index is 11.7. The third-order valence-electron chi connectivity index (χ3n) is 3.13. The predicted octanol–water partition coefficient (Wildman–Crippen LogP) is 1.67. The summed E-state index contributed by atoms with van der Waals surface area (Å²) in [6.07, 6.45) is 2.72. The quantitative estimate of drug-likeness (QED) is 0.685. The summed E-state index contributed by atoms with van der Waals surface area (Å²) in [6, 6.07) is 0. The number of nitrogens with one attached hydrogen (secondary N) is 1. The van der Waals surface area contributed by atoms with E-state index < -0.39 is 0 Å². The Kier molecular flexibility index (Phi) is 5.77. The van der Waals surface area contributed by atoms with E-state index in [-0.39, 0.29) is 17.4 Å². The van der Waals surface area contributed by atoms with Gasteiger partial charge in [-0.1, -0.05) is 20.8 Å². The molecule has 1 atom stereocenters. The van der Waals surface area contributed by atoms with Gasteiger partial charge in [-0.2, -0.15) is 0 Å². The second kappa shape index (κ2) is 6.02.